The standard InChI is InChI=1S/C8H9OS.3CH3.Sn/c1-6-3-4-7(9-2)5-8(6)10;;;;/h3-5,10H,1H2,2H3;3*1H3;. The Hall–Kier alpha value is 0.169. The molecule has 0 aromatic heterocycles. The van der Waals surface area contributed by atoms with Crippen LogP contribution in [0.15, 0.2) is 23.1 Å². The summed E-state index contributed by atoms with van der Waals surface area (Å²) < 4.78 is 6.40. The minimum absolute atomic E-state index is 0.892. The Labute approximate surface area is 96.1 Å². The zero-order valence-electron chi connectivity index (χ0n) is 9.29. The van der Waals surface area contributed by atoms with Crippen molar-refractivity contribution in [2.24, 2.45) is 0 Å². The summed E-state index contributed by atoms with van der Waals surface area (Å²) in [4.78, 5) is 8.38. The first-order chi connectivity index (χ1) is 6.42. The van der Waals surface area contributed by atoms with Crippen molar-refractivity contribution in [3.8, 4) is 5.75 Å². The molecule has 1 aromatic rings. The summed E-state index contributed by atoms with van der Waals surface area (Å²) in [6, 6.07) is 6.16. The predicted molar refractivity (Wildman–Crippen MR) is 67.3 cm³/mol. The van der Waals surface area contributed by atoms with Gasteiger partial charge >= 0.3 is 96.5 Å². The molecule has 1 rings (SSSR count). The molecule has 1 aromatic carbocycles. The minimum atomic E-state index is -1.74. The van der Waals surface area contributed by atoms with Gasteiger partial charge < -0.3 is 0 Å². The van der Waals surface area contributed by atoms with Crippen molar-refractivity contribution in [3.63, 3.8) is 0 Å². The van der Waals surface area contributed by atoms with E-state index in [1.54, 1.807) is 7.11 Å². The summed E-state index contributed by atoms with van der Waals surface area (Å²) in [6.45, 7) is 0. The Balaban J connectivity index is 2.89. The van der Waals surface area contributed by atoms with E-state index in [-0.39, 0.29) is 0 Å². The van der Waals surface area contributed by atoms with Gasteiger partial charge in [0, 0.05) is 0 Å². The van der Waals surface area contributed by atoms with Gasteiger partial charge in [0.05, 0.1) is 0 Å². The first kappa shape index (κ1) is 12.2. The zero-order valence-corrected chi connectivity index (χ0v) is 13.0. The number of rotatable bonds is 3. The van der Waals surface area contributed by atoms with Crippen molar-refractivity contribution < 1.29 is 4.74 Å². The van der Waals surface area contributed by atoms with Crippen LogP contribution in [0, 0.1) is 0 Å². The second-order valence-electron chi connectivity index (χ2n) is 4.73. The number of hydrogen-bond acceptors (Lipinski definition) is 2. The van der Waals surface area contributed by atoms with E-state index < -0.39 is 18.4 Å². The average molecular weight is 317 g/mol. The molecule has 78 valence electrons. The van der Waals surface area contributed by atoms with Crippen molar-refractivity contribution in [2.75, 3.05) is 7.11 Å². The molecule has 0 heterocycles. The monoisotopic (exact) mass is 318 g/mol. The topological polar surface area (TPSA) is 9.23 Å². The van der Waals surface area contributed by atoms with Gasteiger partial charge in [0.15, 0.2) is 0 Å². The van der Waals surface area contributed by atoms with Crippen LogP contribution in [0.25, 0.3) is 0 Å². The SMILES string of the molecule is COc1ccc([CH2][Sn]([CH3])([CH3])[CH3])c(S)c1. The summed E-state index contributed by atoms with van der Waals surface area (Å²) in [5, 5.41) is 0. The molecule has 0 aliphatic heterocycles. The van der Waals surface area contributed by atoms with Crippen LogP contribution in [0.4, 0.5) is 0 Å². The van der Waals surface area contributed by atoms with Crippen molar-refractivity contribution >= 4 is 31.0 Å². The molecule has 0 spiro atoms. The molecule has 3 heteroatoms. The molecular formula is C11H18OSSn. The van der Waals surface area contributed by atoms with Crippen LogP contribution in [-0.2, 0) is 4.44 Å². The van der Waals surface area contributed by atoms with Gasteiger partial charge in [-0.2, -0.15) is 0 Å². The number of methoxy groups -OCH3 is 1. The Morgan fingerprint density at radius 1 is 1.29 bits per heavy atom. The Bertz CT molecular complexity index is 318. The van der Waals surface area contributed by atoms with Gasteiger partial charge in [-0.05, 0) is 0 Å². The molecular weight excluding hydrogens is 299 g/mol. The third kappa shape index (κ3) is 3.73. The van der Waals surface area contributed by atoms with Crippen LogP contribution in [-0.4, -0.2) is 25.5 Å². The van der Waals surface area contributed by atoms with E-state index in [9.17, 15) is 0 Å². The second-order valence-corrected chi connectivity index (χ2v) is 20.8. The molecule has 14 heavy (non-hydrogen) atoms. The molecule has 0 fully saturated rings. The molecule has 0 N–H and O–H groups in total. The molecule has 0 bridgehead atoms. The van der Waals surface area contributed by atoms with Crippen LogP contribution in [0.1, 0.15) is 5.56 Å². The van der Waals surface area contributed by atoms with Crippen molar-refractivity contribution in [3.05, 3.63) is 23.8 Å². The summed E-state index contributed by atoms with van der Waals surface area (Å²) >= 11 is 2.75. The third-order valence-corrected chi connectivity index (χ3v) is 6.54. The molecule has 0 unspecified atom stereocenters. The van der Waals surface area contributed by atoms with E-state index >= 15 is 0 Å². The van der Waals surface area contributed by atoms with Gasteiger partial charge in [0.1, 0.15) is 0 Å². The summed E-state index contributed by atoms with van der Waals surface area (Å²) in [7, 11) is 1.69. The Morgan fingerprint density at radius 2 is 1.93 bits per heavy atom. The third-order valence-electron chi connectivity index (χ3n) is 2.01. The second kappa shape index (κ2) is 4.79. The molecule has 0 atom stereocenters. The van der Waals surface area contributed by atoms with Gasteiger partial charge in [0.25, 0.3) is 0 Å². The molecule has 0 aliphatic carbocycles. The molecule has 0 saturated carbocycles. The number of benzene rings is 1. The normalized spacial score (nSPS) is 11.5. The van der Waals surface area contributed by atoms with Crippen LogP contribution in [0.2, 0.25) is 14.8 Å². The van der Waals surface area contributed by atoms with Crippen LogP contribution >= 0.6 is 12.6 Å². The maximum absolute atomic E-state index is 5.15. The Kier molecular flexibility index (Phi) is 4.19. The number of thiol groups is 1. The summed E-state index contributed by atoms with van der Waals surface area (Å²) in [6.07, 6.45) is 0. The number of ether oxygens (including phenoxy) is 1. The summed E-state index contributed by atoms with van der Waals surface area (Å²) in [5.74, 6) is 0.892. The van der Waals surface area contributed by atoms with E-state index in [4.69, 9.17) is 4.74 Å². The van der Waals surface area contributed by atoms with Crippen LogP contribution in [0.5, 0.6) is 5.75 Å². The van der Waals surface area contributed by atoms with Gasteiger partial charge in [-0.1, -0.05) is 0 Å². The van der Waals surface area contributed by atoms with Crippen molar-refractivity contribution in [1.29, 1.82) is 0 Å². The van der Waals surface area contributed by atoms with Crippen LogP contribution in [0.3, 0.4) is 0 Å². The fraction of sp³-hybridized carbons (Fsp3) is 0.455. The van der Waals surface area contributed by atoms with Gasteiger partial charge in [-0.25, -0.2) is 0 Å². The number of hydrogen-bond donors (Lipinski definition) is 1. The molecule has 1 nitrogen and oxygen atoms in total. The van der Waals surface area contributed by atoms with Gasteiger partial charge in [-0.15, -0.1) is 0 Å². The van der Waals surface area contributed by atoms with Gasteiger partial charge in [-0.3, -0.25) is 0 Å². The van der Waals surface area contributed by atoms with E-state index in [0.717, 1.165) is 10.6 Å². The van der Waals surface area contributed by atoms with E-state index in [0.29, 0.717) is 0 Å². The first-order valence-electron chi connectivity index (χ1n) is 4.78. The first-order valence-corrected chi connectivity index (χ1v) is 15.8. The van der Waals surface area contributed by atoms with Crippen molar-refractivity contribution in [1.82, 2.24) is 0 Å². The fourth-order valence-electron chi connectivity index (χ4n) is 1.39. The zero-order chi connectivity index (χ0) is 10.8. The molecule has 0 amide bonds. The van der Waals surface area contributed by atoms with Gasteiger partial charge in [0.2, 0.25) is 0 Å². The van der Waals surface area contributed by atoms with E-state index in [2.05, 4.69) is 33.5 Å². The predicted octanol–water partition coefficient (Wildman–Crippen LogP) is 3.40. The Morgan fingerprint density at radius 3 is 2.36 bits per heavy atom. The molecule has 0 saturated heterocycles. The van der Waals surface area contributed by atoms with E-state index in [1.807, 2.05) is 12.1 Å². The average Bonchev–Trinajstić information content (AvgIpc) is 2.06. The quantitative estimate of drug-likeness (QED) is 0.664. The summed E-state index contributed by atoms with van der Waals surface area (Å²) in [5.41, 5.74) is 1.37. The van der Waals surface area contributed by atoms with Crippen LogP contribution < -0.4 is 4.74 Å². The maximum atomic E-state index is 5.15. The molecule has 0 aliphatic rings. The van der Waals surface area contributed by atoms with Crippen molar-refractivity contribution in [2.45, 2.75) is 24.2 Å². The fourth-order valence-corrected chi connectivity index (χ4v) is 6.24. The van der Waals surface area contributed by atoms with E-state index in [1.165, 1.54) is 10.0 Å². The molecule has 0 radical (unpaired) electrons.